The molecule has 0 spiro atoms. The molecule has 1 N–H and O–H groups in total. The Morgan fingerprint density at radius 2 is 2.38 bits per heavy atom. The van der Waals surface area contributed by atoms with Gasteiger partial charge in [-0.2, -0.15) is 0 Å². The number of hydrogen-bond donors (Lipinski definition) is 1. The Kier molecular flexibility index (Phi) is 2.69. The smallest absolute Gasteiger partial charge is 0.121 e. The van der Waals surface area contributed by atoms with Crippen molar-refractivity contribution in [1.29, 1.82) is 0 Å². The van der Waals surface area contributed by atoms with E-state index in [4.69, 9.17) is 4.42 Å². The summed E-state index contributed by atoms with van der Waals surface area (Å²) in [5.41, 5.74) is 0. The van der Waals surface area contributed by atoms with Gasteiger partial charge in [0.2, 0.25) is 0 Å². The zero-order valence-electron chi connectivity index (χ0n) is 8.18. The van der Waals surface area contributed by atoms with Crippen LogP contribution in [-0.2, 0) is 6.42 Å². The van der Waals surface area contributed by atoms with E-state index in [1.54, 1.807) is 0 Å². The van der Waals surface area contributed by atoms with Crippen LogP contribution in [-0.4, -0.2) is 6.54 Å². The summed E-state index contributed by atoms with van der Waals surface area (Å²) in [6, 6.07) is 4.67. The molecule has 0 saturated carbocycles. The molecule has 1 aliphatic heterocycles. The number of rotatable bonds is 2. The van der Waals surface area contributed by atoms with Crippen molar-refractivity contribution in [3.8, 4) is 0 Å². The fraction of sp³-hybridized carbons (Fsp3) is 0.636. The number of furan rings is 1. The number of hydrogen-bond acceptors (Lipinski definition) is 2. The van der Waals surface area contributed by atoms with Crippen molar-refractivity contribution < 1.29 is 4.42 Å². The summed E-state index contributed by atoms with van der Waals surface area (Å²) < 4.78 is 5.71. The van der Waals surface area contributed by atoms with Gasteiger partial charge in [0.25, 0.3) is 0 Å². The lowest BCUT2D eigenvalue weighted by molar-refractivity contribution is 0.340. The third kappa shape index (κ3) is 1.94. The van der Waals surface area contributed by atoms with Crippen LogP contribution in [0.2, 0.25) is 0 Å². The van der Waals surface area contributed by atoms with E-state index in [1.165, 1.54) is 19.3 Å². The lowest BCUT2D eigenvalue weighted by Crippen LogP contribution is -2.26. The maximum Gasteiger partial charge on any atom is 0.121 e. The summed E-state index contributed by atoms with van der Waals surface area (Å²) >= 11 is 0. The zero-order chi connectivity index (χ0) is 9.10. The van der Waals surface area contributed by atoms with Gasteiger partial charge in [-0.25, -0.2) is 0 Å². The average molecular weight is 179 g/mol. The molecule has 1 atom stereocenters. The second-order valence-electron chi connectivity index (χ2n) is 3.66. The Morgan fingerprint density at radius 3 is 3.00 bits per heavy atom. The van der Waals surface area contributed by atoms with Crippen molar-refractivity contribution >= 4 is 0 Å². The van der Waals surface area contributed by atoms with Crippen LogP contribution in [0.1, 0.15) is 43.7 Å². The maximum absolute atomic E-state index is 5.71. The molecule has 2 rings (SSSR count). The summed E-state index contributed by atoms with van der Waals surface area (Å²) in [6.45, 7) is 3.25. The molecule has 0 aromatic carbocycles. The lowest BCUT2D eigenvalue weighted by atomic mass is 10.0. The predicted octanol–water partition coefficient (Wildman–Crippen LogP) is 2.66. The monoisotopic (exact) mass is 179 g/mol. The van der Waals surface area contributed by atoms with E-state index in [1.807, 2.05) is 0 Å². The number of nitrogens with one attached hydrogen (secondary N) is 1. The molecule has 0 amide bonds. The van der Waals surface area contributed by atoms with Gasteiger partial charge in [-0.05, 0) is 31.5 Å². The molecule has 0 unspecified atom stereocenters. The predicted molar refractivity (Wildman–Crippen MR) is 52.7 cm³/mol. The first kappa shape index (κ1) is 8.82. The van der Waals surface area contributed by atoms with Crippen molar-refractivity contribution in [1.82, 2.24) is 5.32 Å². The second-order valence-corrected chi connectivity index (χ2v) is 3.66. The van der Waals surface area contributed by atoms with Crippen molar-refractivity contribution in [3.05, 3.63) is 23.7 Å². The molecule has 1 aliphatic rings. The molecular weight excluding hydrogens is 162 g/mol. The van der Waals surface area contributed by atoms with E-state index in [0.717, 1.165) is 24.5 Å². The molecule has 1 fully saturated rings. The van der Waals surface area contributed by atoms with Crippen LogP contribution < -0.4 is 5.32 Å². The minimum atomic E-state index is 0.467. The molecule has 13 heavy (non-hydrogen) atoms. The normalized spacial score (nSPS) is 23.3. The van der Waals surface area contributed by atoms with E-state index < -0.39 is 0 Å². The van der Waals surface area contributed by atoms with Crippen LogP contribution in [0.15, 0.2) is 16.5 Å². The Labute approximate surface area is 79.3 Å². The highest BCUT2D eigenvalue weighted by Crippen LogP contribution is 2.24. The van der Waals surface area contributed by atoms with Gasteiger partial charge in [0.05, 0.1) is 6.04 Å². The quantitative estimate of drug-likeness (QED) is 0.755. The summed E-state index contributed by atoms with van der Waals surface area (Å²) in [6.07, 6.45) is 4.83. The SMILES string of the molecule is CCc1ccc([C@H]2CCCCN2)o1. The standard InChI is InChI=1S/C11H17NO/c1-2-9-6-7-11(13-9)10-5-3-4-8-12-10/h6-7,10,12H,2-5,8H2,1H3/t10-/m1/s1. The molecular formula is C11H17NO. The molecule has 1 aromatic heterocycles. The van der Waals surface area contributed by atoms with Gasteiger partial charge < -0.3 is 9.73 Å². The molecule has 0 bridgehead atoms. The summed E-state index contributed by atoms with van der Waals surface area (Å²) in [5.74, 6) is 2.22. The lowest BCUT2D eigenvalue weighted by Gasteiger charge is -2.21. The molecule has 0 radical (unpaired) electrons. The molecule has 2 nitrogen and oxygen atoms in total. The first-order valence-corrected chi connectivity index (χ1v) is 5.22. The van der Waals surface area contributed by atoms with E-state index in [9.17, 15) is 0 Å². The van der Waals surface area contributed by atoms with Gasteiger partial charge in [-0.15, -0.1) is 0 Å². The van der Waals surface area contributed by atoms with Crippen LogP contribution in [0, 0.1) is 0 Å². The van der Waals surface area contributed by atoms with E-state index in [-0.39, 0.29) is 0 Å². The van der Waals surface area contributed by atoms with Crippen molar-refractivity contribution in [2.24, 2.45) is 0 Å². The molecule has 72 valence electrons. The van der Waals surface area contributed by atoms with E-state index in [0.29, 0.717) is 6.04 Å². The fourth-order valence-electron chi connectivity index (χ4n) is 1.87. The third-order valence-corrected chi connectivity index (χ3v) is 2.68. The second kappa shape index (κ2) is 3.97. The van der Waals surface area contributed by atoms with Gasteiger partial charge in [0.1, 0.15) is 11.5 Å². The minimum Gasteiger partial charge on any atom is -0.464 e. The summed E-state index contributed by atoms with van der Waals surface area (Å²) in [5, 5.41) is 3.48. The van der Waals surface area contributed by atoms with Gasteiger partial charge in [0.15, 0.2) is 0 Å². The first-order valence-electron chi connectivity index (χ1n) is 5.22. The van der Waals surface area contributed by atoms with Gasteiger partial charge in [0, 0.05) is 6.42 Å². The highest BCUT2D eigenvalue weighted by Gasteiger charge is 2.17. The third-order valence-electron chi connectivity index (χ3n) is 2.68. The summed E-state index contributed by atoms with van der Waals surface area (Å²) in [7, 11) is 0. The van der Waals surface area contributed by atoms with Crippen LogP contribution in [0.5, 0.6) is 0 Å². The highest BCUT2D eigenvalue weighted by atomic mass is 16.3. The molecule has 2 heteroatoms. The zero-order valence-corrected chi connectivity index (χ0v) is 8.18. The van der Waals surface area contributed by atoms with Crippen molar-refractivity contribution in [2.75, 3.05) is 6.54 Å². The highest BCUT2D eigenvalue weighted by molar-refractivity contribution is 5.11. The summed E-state index contributed by atoms with van der Waals surface area (Å²) in [4.78, 5) is 0. The average Bonchev–Trinajstić information content (AvgIpc) is 2.67. The fourth-order valence-corrected chi connectivity index (χ4v) is 1.87. The van der Waals surface area contributed by atoms with E-state index >= 15 is 0 Å². The molecule has 1 aromatic rings. The van der Waals surface area contributed by atoms with Gasteiger partial charge >= 0.3 is 0 Å². The van der Waals surface area contributed by atoms with E-state index in [2.05, 4.69) is 24.4 Å². The molecule has 0 aliphatic carbocycles. The Bertz CT molecular complexity index is 261. The van der Waals surface area contributed by atoms with Crippen molar-refractivity contribution in [3.63, 3.8) is 0 Å². The maximum atomic E-state index is 5.71. The van der Waals surface area contributed by atoms with Gasteiger partial charge in [-0.3, -0.25) is 0 Å². The Balaban J connectivity index is 2.05. The first-order chi connectivity index (χ1) is 6.40. The molecule has 1 saturated heterocycles. The number of aryl methyl sites for hydroxylation is 1. The molecule has 2 heterocycles. The van der Waals surface area contributed by atoms with Gasteiger partial charge in [-0.1, -0.05) is 13.3 Å². The number of piperidine rings is 1. The van der Waals surface area contributed by atoms with Crippen LogP contribution >= 0.6 is 0 Å². The Morgan fingerprint density at radius 1 is 1.46 bits per heavy atom. The largest absolute Gasteiger partial charge is 0.464 e. The Hall–Kier alpha value is -0.760. The minimum absolute atomic E-state index is 0.467. The topological polar surface area (TPSA) is 25.2 Å². The van der Waals surface area contributed by atoms with Crippen LogP contribution in [0.25, 0.3) is 0 Å². The van der Waals surface area contributed by atoms with Crippen LogP contribution in [0.4, 0.5) is 0 Å². The van der Waals surface area contributed by atoms with Crippen molar-refractivity contribution in [2.45, 2.75) is 38.6 Å². The van der Waals surface area contributed by atoms with Crippen LogP contribution in [0.3, 0.4) is 0 Å².